The van der Waals surface area contributed by atoms with Gasteiger partial charge in [0.25, 0.3) is 0 Å². The summed E-state index contributed by atoms with van der Waals surface area (Å²) >= 11 is 11.0. The lowest BCUT2D eigenvalue weighted by atomic mass is 9.99. The van der Waals surface area contributed by atoms with Gasteiger partial charge in [-0.05, 0) is 66.3 Å². The van der Waals surface area contributed by atoms with Crippen LogP contribution in [0.2, 0.25) is 5.02 Å². The number of benzene rings is 3. The van der Waals surface area contributed by atoms with E-state index in [1.54, 1.807) is 0 Å². The third-order valence-electron chi connectivity index (χ3n) is 5.37. The average molecular weight is 430 g/mol. The minimum absolute atomic E-state index is 0.207. The Labute approximate surface area is 188 Å². The zero-order chi connectivity index (χ0) is 20.9. The largest absolute Gasteiger partial charge is 0.248 e. The van der Waals surface area contributed by atoms with E-state index in [4.69, 9.17) is 29.2 Å². The molecule has 3 aromatic carbocycles. The Morgan fingerprint density at radius 3 is 2.63 bits per heavy atom. The molecule has 0 aliphatic carbocycles. The van der Waals surface area contributed by atoms with Crippen LogP contribution in [0.3, 0.4) is 0 Å². The highest BCUT2D eigenvalue weighted by molar-refractivity contribution is 7.80. The first-order valence-electron chi connectivity index (χ1n) is 10.2. The molecule has 0 aliphatic heterocycles. The summed E-state index contributed by atoms with van der Waals surface area (Å²) in [6.07, 6.45) is 6.18. The van der Waals surface area contributed by atoms with Crippen LogP contribution in [0, 0.1) is 6.92 Å². The van der Waals surface area contributed by atoms with Crippen molar-refractivity contribution < 1.29 is 0 Å². The number of thiol groups is 1. The van der Waals surface area contributed by atoms with Crippen molar-refractivity contribution in [1.82, 2.24) is 4.98 Å². The van der Waals surface area contributed by atoms with E-state index in [2.05, 4.69) is 67.6 Å². The smallest absolute Gasteiger partial charge is 0.0724 e. The van der Waals surface area contributed by atoms with Crippen LogP contribution >= 0.6 is 24.2 Å². The molecule has 1 heterocycles. The zero-order valence-corrected chi connectivity index (χ0v) is 18.6. The number of aromatic nitrogens is 1. The summed E-state index contributed by atoms with van der Waals surface area (Å²) < 4.78 is 0. The molecular weight excluding hydrogens is 406 g/mol. The molecule has 4 aromatic rings. The number of nitrogens with zero attached hydrogens (tertiary/aromatic N) is 1. The standard InChI is InChI=1S/C27H24ClNS/c1-19-5-2-3-7-21(19)12-16-27(30)23-8-4-6-20(17-23)9-14-25-15-11-22-10-13-24(28)18-26(22)29-25/h2-11,13-15,17-18,27,30H,12,16H2,1H3/b14-9+/t27-/m1/s1. The van der Waals surface area contributed by atoms with Gasteiger partial charge in [0.15, 0.2) is 0 Å². The molecule has 4 rings (SSSR count). The van der Waals surface area contributed by atoms with Gasteiger partial charge in [-0.25, -0.2) is 4.98 Å². The van der Waals surface area contributed by atoms with Crippen LogP contribution in [-0.2, 0) is 6.42 Å². The highest BCUT2D eigenvalue weighted by Gasteiger charge is 2.08. The Kier molecular flexibility index (Phi) is 6.56. The summed E-state index contributed by atoms with van der Waals surface area (Å²) in [5, 5.41) is 2.00. The van der Waals surface area contributed by atoms with Crippen LogP contribution in [0.25, 0.3) is 23.1 Å². The monoisotopic (exact) mass is 429 g/mol. The van der Waals surface area contributed by atoms with Crippen LogP contribution < -0.4 is 0 Å². The van der Waals surface area contributed by atoms with Crippen LogP contribution in [0.15, 0.2) is 78.9 Å². The number of aryl methyl sites for hydroxylation is 2. The van der Waals surface area contributed by atoms with Gasteiger partial charge in [0, 0.05) is 15.7 Å². The fraction of sp³-hybridized carbons (Fsp3) is 0.148. The van der Waals surface area contributed by atoms with Crippen LogP contribution in [0.4, 0.5) is 0 Å². The second-order valence-electron chi connectivity index (χ2n) is 7.56. The van der Waals surface area contributed by atoms with Crippen molar-refractivity contribution in [2.45, 2.75) is 25.0 Å². The van der Waals surface area contributed by atoms with Crippen molar-refractivity contribution in [3.63, 3.8) is 0 Å². The molecule has 0 aliphatic rings. The van der Waals surface area contributed by atoms with Gasteiger partial charge in [-0.2, -0.15) is 12.6 Å². The van der Waals surface area contributed by atoms with Crippen molar-refractivity contribution in [2.75, 3.05) is 0 Å². The third kappa shape index (κ3) is 5.13. The van der Waals surface area contributed by atoms with Crippen molar-refractivity contribution >= 4 is 47.3 Å². The van der Waals surface area contributed by atoms with Crippen molar-refractivity contribution in [2.24, 2.45) is 0 Å². The molecule has 0 unspecified atom stereocenters. The molecule has 1 atom stereocenters. The maximum Gasteiger partial charge on any atom is 0.0724 e. The van der Waals surface area contributed by atoms with Crippen LogP contribution in [0.1, 0.15) is 39.6 Å². The summed E-state index contributed by atoms with van der Waals surface area (Å²) in [5.74, 6) is 0. The molecule has 1 nitrogen and oxygen atoms in total. The lowest BCUT2D eigenvalue weighted by Crippen LogP contribution is -1.96. The van der Waals surface area contributed by atoms with Gasteiger partial charge in [0.1, 0.15) is 0 Å². The van der Waals surface area contributed by atoms with E-state index in [9.17, 15) is 0 Å². The topological polar surface area (TPSA) is 12.9 Å². The molecule has 1 aromatic heterocycles. The first-order chi connectivity index (χ1) is 14.6. The van der Waals surface area contributed by atoms with Gasteiger partial charge in [-0.1, -0.05) is 78.3 Å². The van der Waals surface area contributed by atoms with Crippen molar-refractivity contribution in [1.29, 1.82) is 0 Å². The van der Waals surface area contributed by atoms with Gasteiger partial charge >= 0.3 is 0 Å². The number of hydrogen-bond acceptors (Lipinski definition) is 2. The fourth-order valence-corrected chi connectivity index (χ4v) is 4.06. The van der Waals surface area contributed by atoms with E-state index in [0.29, 0.717) is 5.02 Å². The first kappa shape index (κ1) is 20.7. The maximum atomic E-state index is 6.10. The third-order valence-corrected chi connectivity index (χ3v) is 6.16. The molecule has 0 saturated heterocycles. The Bertz CT molecular complexity index is 1200. The van der Waals surface area contributed by atoms with E-state index in [0.717, 1.165) is 35.0 Å². The fourth-order valence-electron chi connectivity index (χ4n) is 3.60. The van der Waals surface area contributed by atoms with Crippen LogP contribution in [-0.4, -0.2) is 4.98 Å². The molecule has 0 saturated carbocycles. The highest BCUT2D eigenvalue weighted by atomic mass is 35.5. The minimum atomic E-state index is 0.207. The van der Waals surface area contributed by atoms with E-state index < -0.39 is 0 Å². The van der Waals surface area contributed by atoms with Crippen molar-refractivity contribution in [3.8, 4) is 0 Å². The maximum absolute atomic E-state index is 6.10. The summed E-state index contributed by atoms with van der Waals surface area (Å²) in [6.45, 7) is 2.17. The predicted molar refractivity (Wildman–Crippen MR) is 133 cm³/mol. The predicted octanol–water partition coefficient (Wildman–Crippen LogP) is 7.97. The van der Waals surface area contributed by atoms with Crippen LogP contribution in [0.5, 0.6) is 0 Å². The van der Waals surface area contributed by atoms with Gasteiger partial charge in [0.2, 0.25) is 0 Å². The van der Waals surface area contributed by atoms with E-state index in [1.807, 2.05) is 30.3 Å². The molecule has 0 amide bonds. The molecule has 0 fully saturated rings. The molecule has 150 valence electrons. The van der Waals surface area contributed by atoms with Gasteiger partial charge in [-0.3, -0.25) is 0 Å². The second-order valence-corrected chi connectivity index (χ2v) is 8.62. The van der Waals surface area contributed by atoms with Gasteiger partial charge in [0.05, 0.1) is 11.2 Å². The zero-order valence-electron chi connectivity index (χ0n) is 16.9. The van der Waals surface area contributed by atoms with Gasteiger partial charge < -0.3 is 0 Å². The molecular formula is C27H24ClNS. The SMILES string of the molecule is Cc1ccccc1CC[C@@H](S)c1cccc(/C=C/c2ccc3ccc(Cl)cc3n2)c1. The average Bonchev–Trinajstić information content (AvgIpc) is 2.77. The molecule has 30 heavy (non-hydrogen) atoms. The number of pyridine rings is 1. The quantitative estimate of drug-likeness (QED) is 0.306. The van der Waals surface area contributed by atoms with E-state index in [-0.39, 0.29) is 5.25 Å². The normalized spacial score (nSPS) is 12.5. The molecule has 0 radical (unpaired) electrons. The first-order valence-corrected chi connectivity index (χ1v) is 11.0. The Morgan fingerprint density at radius 1 is 0.933 bits per heavy atom. The minimum Gasteiger partial charge on any atom is -0.248 e. The number of fused-ring (bicyclic) bond motifs is 1. The summed E-state index contributed by atoms with van der Waals surface area (Å²) in [4.78, 5) is 4.69. The molecule has 3 heteroatoms. The lowest BCUT2D eigenvalue weighted by Gasteiger charge is -2.13. The Hall–Kier alpha value is -2.55. The van der Waals surface area contributed by atoms with Gasteiger partial charge in [-0.15, -0.1) is 0 Å². The number of halogens is 1. The highest BCUT2D eigenvalue weighted by Crippen LogP contribution is 2.27. The second kappa shape index (κ2) is 9.51. The molecule has 0 N–H and O–H groups in total. The van der Waals surface area contributed by atoms with Crippen molar-refractivity contribution in [3.05, 3.63) is 112 Å². The lowest BCUT2D eigenvalue weighted by molar-refractivity contribution is 0.803. The molecule has 0 spiro atoms. The van der Waals surface area contributed by atoms with E-state index in [1.165, 1.54) is 16.7 Å². The summed E-state index contributed by atoms with van der Waals surface area (Å²) in [7, 11) is 0. The van der Waals surface area contributed by atoms with E-state index >= 15 is 0 Å². The number of hydrogen-bond donors (Lipinski definition) is 1. The Balaban J connectivity index is 1.47. The summed E-state index contributed by atoms with van der Waals surface area (Å²) in [6, 6.07) is 27.0. The number of rotatable bonds is 6. The summed E-state index contributed by atoms with van der Waals surface area (Å²) in [5.41, 5.74) is 6.96. The molecule has 0 bridgehead atoms. The Morgan fingerprint density at radius 2 is 1.77 bits per heavy atom.